The lowest BCUT2D eigenvalue weighted by atomic mass is 10.2. The molecule has 11 heteroatoms. The van der Waals surface area contributed by atoms with Crippen LogP contribution in [0.15, 0.2) is 18.2 Å². The minimum Gasteiger partial charge on any atom is -0.325 e. The molecule has 25 heavy (non-hydrogen) atoms. The molecule has 134 valence electrons. The Labute approximate surface area is 144 Å². The third-order valence-electron chi connectivity index (χ3n) is 3.31. The number of carbonyl (C=O) groups is 4. The zero-order valence-corrected chi connectivity index (χ0v) is 13.4. The summed E-state index contributed by atoms with van der Waals surface area (Å²) < 4.78 is 38.4. The normalized spacial score (nSPS) is 15.2. The average Bonchev–Trinajstić information content (AvgIpc) is 2.71. The van der Waals surface area contributed by atoms with Crippen molar-refractivity contribution in [2.24, 2.45) is 0 Å². The van der Waals surface area contributed by atoms with Gasteiger partial charge < -0.3 is 5.32 Å². The molecule has 1 aliphatic heterocycles. The highest BCUT2D eigenvalue weighted by molar-refractivity contribution is 6.45. The number of rotatable bonds is 4. The van der Waals surface area contributed by atoms with Crippen molar-refractivity contribution >= 4 is 41.0 Å². The van der Waals surface area contributed by atoms with Gasteiger partial charge in [0.25, 0.3) is 0 Å². The van der Waals surface area contributed by atoms with Gasteiger partial charge in [0.1, 0.15) is 6.54 Å². The Morgan fingerprint density at radius 1 is 1.16 bits per heavy atom. The summed E-state index contributed by atoms with van der Waals surface area (Å²) in [5.74, 6) is -3.18. The predicted octanol–water partition coefficient (Wildman–Crippen LogP) is 2.11. The van der Waals surface area contributed by atoms with Crippen LogP contribution >= 0.6 is 11.6 Å². The molecule has 1 saturated heterocycles. The first kappa shape index (κ1) is 18.7. The molecule has 1 N–H and O–H groups in total. The van der Waals surface area contributed by atoms with Gasteiger partial charge in [0.05, 0.1) is 10.6 Å². The van der Waals surface area contributed by atoms with Gasteiger partial charge in [0, 0.05) is 12.2 Å². The molecule has 0 aromatic heterocycles. The zero-order chi connectivity index (χ0) is 18.9. The minimum atomic E-state index is -4.72. The van der Waals surface area contributed by atoms with E-state index in [0.29, 0.717) is 15.9 Å². The number of alkyl halides is 3. The third kappa shape index (κ3) is 3.73. The molecule has 0 bridgehead atoms. The van der Waals surface area contributed by atoms with Crippen molar-refractivity contribution in [3.8, 4) is 0 Å². The second-order valence-electron chi connectivity index (χ2n) is 4.96. The summed E-state index contributed by atoms with van der Waals surface area (Å²) in [6.07, 6.45) is -4.72. The Morgan fingerprint density at radius 3 is 2.28 bits per heavy atom. The van der Waals surface area contributed by atoms with Gasteiger partial charge >= 0.3 is 24.0 Å². The molecule has 7 nitrogen and oxygen atoms in total. The van der Waals surface area contributed by atoms with Gasteiger partial charge in [0.2, 0.25) is 5.91 Å². The van der Waals surface area contributed by atoms with Gasteiger partial charge in [-0.2, -0.15) is 13.2 Å². The maximum atomic E-state index is 12.8. The molecular weight excluding hydrogens is 367 g/mol. The molecule has 1 heterocycles. The molecule has 1 fully saturated rings. The Morgan fingerprint density at radius 2 is 1.76 bits per heavy atom. The van der Waals surface area contributed by atoms with E-state index in [-0.39, 0.29) is 12.2 Å². The molecule has 0 aliphatic carbocycles. The Kier molecular flexibility index (Phi) is 5.02. The molecule has 0 unspecified atom stereocenters. The summed E-state index contributed by atoms with van der Waals surface area (Å²) in [6.45, 7) is 0.622. The van der Waals surface area contributed by atoms with Crippen molar-refractivity contribution in [3.63, 3.8) is 0 Å². The lowest BCUT2D eigenvalue weighted by molar-refractivity contribution is -0.143. The van der Waals surface area contributed by atoms with Crippen LogP contribution in [0.25, 0.3) is 0 Å². The van der Waals surface area contributed by atoms with Crippen molar-refractivity contribution in [3.05, 3.63) is 28.8 Å². The van der Waals surface area contributed by atoms with Gasteiger partial charge in [-0.25, -0.2) is 9.69 Å². The fraction of sp³-hybridized carbons (Fsp3) is 0.286. The number of benzene rings is 1. The summed E-state index contributed by atoms with van der Waals surface area (Å²) in [6, 6.07) is 1.75. The van der Waals surface area contributed by atoms with Crippen LogP contribution in [0.2, 0.25) is 5.02 Å². The number of hydrogen-bond acceptors (Lipinski definition) is 4. The van der Waals surface area contributed by atoms with Crippen LogP contribution in [0.1, 0.15) is 12.5 Å². The lowest BCUT2D eigenvalue weighted by Crippen LogP contribution is -2.39. The first-order valence-electron chi connectivity index (χ1n) is 6.90. The van der Waals surface area contributed by atoms with E-state index in [9.17, 15) is 32.3 Å². The maximum absolute atomic E-state index is 12.8. The topological polar surface area (TPSA) is 86.8 Å². The van der Waals surface area contributed by atoms with E-state index in [1.807, 2.05) is 0 Å². The summed E-state index contributed by atoms with van der Waals surface area (Å²) >= 11 is 5.47. The van der Waals surface area contributed by atoms with E-state index in [1.165, 1.54) is 6.92 Å². The van der Waals surface area contributed by atoms with Gasteiger partial charge in [-0.1, -0.05) is 11.6 Å². The minimum absolute atomic E-state index is 0.0480. The van der Waals surface area contributed by atoms with Crippen molar-refractivity contribution in [1.82, 2.24) is 9.80 Å². The van der Waals surface area contributed by atoms with E-state index < -0.39 is 47.1 Å². The highest BCUT2D eigenvalue weighted by Gasteiger charge is 2.44. The van der Waals surface area contributed by atoms with Crippen LogP contribution < -0.4 is 5.32 Å². The monoisotopic (exact) mass is 377 g/mol. The fourth-order valence-corrected chi connectivity index (χ4v) is 2.36. The molecule has 0 saturated carbocycles. The molecule has 2 rings (SSSR count). The first-order chi connectivity index (χ1) is 11.6. The number of likely N-dealkylation sites (N-methyl/N-ethyl adjacent to an activating group) is 1. The van der Waals surface area contributed by atoms with E-state index in [1.54, 1.807) is 0 Å². The van der Waals surface area contributed by atoms with Crippen molar-refractivity contribution in [2.75, 3.05) is 18.4 Å². The van der Waals surface area contributed by atoms with Gasteiger partial charge in [0.15, 0.2) is 0 Å². The predicted molar refractivity (Wildman–Crippen MR) is 79.6 cm³/mol. The van der Waals surface area contributed by atoms with Gasteiger partial charge in [-0.05, 0) is 25.1 Å². The molecular formula is C14H11ClF3N3O4. The van der Waals surface area contributed by atoms with Crippen LogP contribution in [0.5, 0.6) is 0 Å². The number of imide groups is 2. The SMILES string of the molecule is CCN1C(=O)C(=O)N(CC(=O)Nc2ccc(Cl)c(C(F)(F)F)c2)C1=O. The Balaban J connectivity index is 2.12. The van der Waals surface area contributed by atoms with E-state index >= 15 is 0 Å². The van der Waals surface area contributed by atoms with Crippen molar-refractivity contribution < 1.29 is 32.3 Å². The number of carbonyl (C=O) groups excluding carboxylic acids is 4. The quantitative estimate of drug-likeness (QED) is 0.643. The van der Waals surface area contributed by atoms with Crippen LogP contribution in [0.4, 0.5) is 23.7 Å². The highest BCUT2D eigenvalue weighted by Crippen LogP contribution is 2.36. The van der Waals surface area contributed by atoms with Gasteiger partial charge in [-0.3, -0.25) is 19.3 Å². The number of halogens is 4. The van der Waals surface area contributed by atoms with Crippen LogP contribution in [0, 0.1) is 0 Å². The number of anilines is 1. The molecule has 1 aromatic carbocycles. The largest absolute Gasteiger partial charge is 0.417 e. The van der Waals surface area contributed by atoms with Crippen LogP contribution in [0.3, 0.4) is 0 Å². The Hall–Kier alpha value is -2.62. The standard InChI is InChI=1S/C14H11ClF3N3O4/c1-2-20-11(23)12(24)21(13(20)25)6-10(22)19-7-3-4-9(15)8(5-7)14(16,17)18/h3-5H,2,6H2,1H3,(H,19,22). The highest BCUT2D eigenvalue weighted by atomic mass is 35.5. The summed E-state index contributed by atoms with van der Waals surface area (Å²) in [7, 11) is 0. The third-order valence-corrected chi connectivity index (χ3v) is 3.64. The first-order valence-corrected chi connectivity index (χ1v) is 7.28. The lowest BCUT2D eigenvalue weighted by Gasteiger charge is -2.15. The molecule has 1 aromatic rings. The summed E-state index contributed by atoms with van der Waals surface area (Å²) in [5.41, 5.74) is -1.37. The second kappa shape index (κ2) is 6.71. The molecule has 1 aliphatic rings. The van der Waals surface area contributed by atoms with Crippen molar-refractivity contribution in [2.45, 2.75) is 13.1 Å². The number of urea groups is 1. The fourth-order valence-electron chi connectivity index (χ4n) is 2.13. The second-order valence-corrected chi connectivity index (χ2v) is 5.37. The van der Waals surface area contributed by atoms with E-state index in [2.05, 4.69) is 5.32 Å². The van der Waals surface area contributed by atoms with E-state index in [4.69, 9.17) is 11.6 Å². The van der Waals surface area contributed by atoms with Gasteiger partial charge in [-0.15, -0.1) is 0 Å². The molecule has 0 atom stereocenters. The summed E-state index contributed by atoms with van der Waals surface area (Å²) in [5, 5.41) is 1.58. The number of amides is 5. The van der Waals surface area contributed by atoms with Crippen LogP contribution in [-0.2, 0) is 20.6 Å². The molecule has 0 spiro atoms. The smallest absolute Gasteiger partial charge is 0.325 e. The average molecular weight is 378 g/mol. The molecule has 0 radical (unpaired) electrons. The van der Waals surface area contributed by atoms with E-state index in [0.717, 1.165) is 12.1 Å². The maximum Gasteiger partial charge on any atom is 0.417 e. The Bertz CT molecular complexity index is 766. The number of nitrogens with zero attached hydrogens (tertiary/aromatic N) is 2. The zero-order valence-electron chi connectivity index (χ0n) is 12.7. The number of nitrogens with one attached hydrogen (secondary N) is 1. The summed E-state index contributed by atoms with van der Waals surface area (Å²) in [4.78, 5) is 48.0. The number of hydrogen-bond donors (Lipinski definition) is 1. The molecule has 5 amide bonds. The van der Waals surface area contributed by atoms with Crippen LogP contribution in [-0.4, -0.2) is 46.6 Å². The van der Waals surface area contributed by atoms with Crippen molar-refractivity contribution in [1.29, 1.82) is 0 Å².